The third kappa shape index (κ3) is 5.33. The number of carbonyl (C=O) groups excluding carboxylic acids is 1. The van der Waals surface area contributed by atoms with E-state index in [1.54, 1.807) is 7.11 Å². The van der Waals surface area contributed by atoms with Gasteiger partial charge >= 0.3 is 0 Å². The van der Waals surface area contributed by atoms with Crippen molar-refractivity contribution in [2.75, 3.05) is 12.4 Å². The van der Waals surface area contributed by atoms with Crippen LogP contribution >= 0.6 is 0 Å². The van der Waals surface area contributed by atoms with E-state index in [1.165, 1.54) is 0 Å². The van der Waals surface area contributed by atoms with E-state index >= 15 is 0 Å². The van der Waals surface area contributed by atoms with Gasteiger partial charge in [-0.15, -0.1) is 0 Å². The molecule has 1 amide bonds. The Morgan fingerprint density at radius 3 is 2.22 bits per heavy atom. The molecule has 0 aromatic heterocycles. The molecule has 0 aliphatic rings. The summed E-state index contributed by atoms with van der Waals surface area (Å²) in [6.45, 7) is 4.11. The molecular weight excluding hydrogens is 290 g/mol. The molecule has 0 radical (unpaired) electrons. The van der Waals surface area contributed by atoms with Gasteiger partial charge in [0, 0.05) is 5.69 Å². The van der Waals surface area contributed by atoms with Gasteiger partial charge in [0.1, 0.15) is 11.5 Å². The van der Waals surface area contributed by atoms with E-state index in [-0.39, 0.29) is 12.0 Å². The number of nitrogens with one attached hydrogen (secondary N) is 1. The van der Waals surface area contributed by atoms with Gasteiger partial charge in [-0.3, -0.25) is 4.79 Å². The molecular formula is C19H23NO3. The summed E-state index contributed by atoms with van der Waals surface area (Å²) < 4.78 is 10.8. The highest BCUT2D eigenvalue weighted by molar-refractivity contribution is 5.92. The molecule has 4 heteroatoms. The summed E-state index contributed by atoms with van der Waals surface area (Å²) in [6.07, 6.45) is 1.47. The predicted octanol–water partition coefficient (Wildman–Crippen LogP) is 4.05. The van der Waals surface area contributed by atoms with Crippen LogP contribution in [0.15, 0.2) is 48.5 Å². The fourth-order valence-corrected chi connectivity index (χ4v) is 2.07. The standard InChI is InChI=1S/C19H23NO3/c1-4-14(2)23-18-11-7-16(8-12-18)20-19(21)13-15-5-9-17(22-3)10-6-15/h5-12,14H,4,13H2,1-3H3,(H,20,21). The summed E-state index contributed by atoms with van der Waals surface area (Å²) in [5.74, 6) is 1.55. The van der Waals surface area contributed by atoms with Crippen molar-refractivity contribution < 1.29 is 14.3 Å². The third-order valence-electron chi connectivity index (χ3n) is 3.57. The van der Waals surface area contributed by atoms with E-state index < -0.39 is 0 Å². The van der Waals surface area contributed by atoms with Gasteiger partial charge in [0.25, 0.3) is 0 Å². The molecule has 2 rings (SSSR count). The molecule has 0 heterocycles. The molecule has 0 fully saturated rings. The van der Waals surface area contributed by atoms with Crippen LogP contribution in [-0.4, -0.2) is 19.1 Å². The second kappa shape index (κ2) is 8.22. The molecule has 2 aromatic rings. The molecule has 122 valence electrons. The number of hydrogen-bond donors (Lipinski definition) is 1. The predicted molar refractivity (Wildman–Crippen MR) is 92.2 cm³/mol. The van der Waals surface area contributed by atoms with Crippen LogP contribution < -0.4 is 14.8 Å². The van der Waals surface area contributed by atoms with Gasteiger partial charge in [-0.25, -0.2) is 0 Å². The van der Waals surface area contributed by atoms with Gasteiger partial charge in [0.05, 0.1) is 19.6 Å². The summed E-state index contributed by atoms with van der Waals surface area (Å²) in [6, 6.07) is 14.9. The highest BCUT2D eigenvalue weighted by Gasteiger charge is 2.06. The number of anilines is 1. The van der Waals surface area contributed by atoms with Crippen molar-refractivity contribution in [2.45, 2.75) is 32.8 Å². The molecule has 2 aromatic carbocycles. The molecule has 0 saturated heterocycles. The van der Waals surface area contributed by atoms with Crippen LogP contribution in [0.3, 0.4) is 0 Å². The van der Waals surface area contributed by atoms with Gasteiger partial charge in [-0.05, 0) is 55.3 Å². The lowest BCUT2D eigenvalue weighted by Gasteiger charge is -2.13. The van der Waals surface area contributed by atoms with Crippen LogP contribution in [0.5, 0.6) is 11.5 Å². The molecule has 0 spiro atoms. The fourth-order valence-electron chi connectivity index (χ4n) is 2.07. The maximum absolute atomic E-state index is 12.1. The van der Waals surface area contributed by atoms with Crippen LogP contribution in [0.2, 0.25) is 0 Å². The number of ether oxygens (including phenoxy) is 2. The second-order valence-corrected chi connectivity index (χ2v) is 5.43. The molecule has 0 saturated carbocycles. The van der Waals surface area contributed by atoms with Crippen molar-refractivity contribution in [1.29, 1.82) is 0 Å². The summed E-state index contributed by atoms with van der Waals surface area (Å²) in [7, 11) is 1.62. The minimum Gasteiger partial charge on any atom is -0.497 e. The highest BCUT2D eigenvalue weighted by Crippen LogP contribution is 2.18. The maximum Gasteiger partial charge on any atom is 0.228 e. The normalized spacial score (nSPS) is 11.6. The number of methoxy groups -OCH3 is 1. The molecule has 1 atom stereocenters. The van der Waals surface area contributed by atoms with Gasteiger partial charge in [-0.2, -0.15) is 0 Å². The van der Waals surface area contributed by atoms with Gasteiger partial charge < -0.3 is 14.8 Å². The zero-order chi connectivity index (χ0) is 16.7. The van der Waals surface area contributed by atoms with E-state index in [0.717, 1.165) is 29.2 Å². The maximum atomic E-state index is 12.1. The third-order valence-corrected chi connectivity index (χ3v) is 3.57. The van der Waals surface area contributed by atoms with E-state index in [0.29, 0.717) is 6.42 Å². The van der Waals surface area contributed by atoms with Crippen molar-refractivity contribution in [2.24, 2.45) is 0 Å². The zero-order valence-corrected chi connectivity index (χ0v) is 13.8. The van der Waals surface area contributed by atoms with Crippen molar-refractivity contribution in [3.8, 4) is 11.5 Å². The van der Waals surface area contributed by atoms with Crippen LogP contribution in [0.1, 0.15) is 25.8 Å². The molecule has 23 heavy (non-hydrogen) atoms. The topological polar surface area (TPSA) is 47.6 Å². The summed E-state index contributed by atoms with van der Waals surface area (Å²) >= 11 is 0. The molecule has 1 N–H and O–H groups in total. The SMILES string of the molecule is CCC(C)Oc1ccc(NC(=O)Cc2ccc(OC)cc2)cc1. The Morgan fingerprint density at radius 2 is 1.65 bits per heavy atom. The summed E-state index contributed by atoms with van der Waals surface area (Å²) in [5, 5.41) is 2.89. The minimum atomic E-state index is -0.0502. The quantitative estimate of drug-likeness (QED) is 0.838. The number of rotatable bonds is 7. The summed E-state index contributed by atoms with van der Waals surface area (Å²) in [5.41, 5.74) is 1.71. The molecule has 0 aliphatic carbocycles. The first-order chi connectivity index (χ1) is 11.1. The Balaban J connectivity index is 1.89. The molecule has 4 nitrogen and oxygen atoms in total. The Kier molecular flexibility index (Phi) is 6.03. The number of amides is 1. The Morgan fingerprint density at radius 1 is 1.04 bits per heavy atom. The van der Waals surface area contributed by atoms with Crippen molar-refractivity contribution in [3.05, 3.63) is 54.1 Å². The monoisotopic (exact) mass is 313 g/mol. The molecule has 0 bridgehead atoms. The lowest BCUT2D eigenvalue weighted by atomic mass is 10.1. The molecule has 1 unspecified atom stereocenters. The van der Waals surface area contributed by atoms with Gasteiger partial charge in [-0.1, -0.05) is 19.1 Å². The van der Waals surface area contributed by atoms with Crippen molar-refractivity contribution in [3.63, 3.8) is 0 Å². The van der Waals surface area contributed by atoms with Crippen molar-refractivity contribution in [1.82, 2.24) is 0 Å². The van der Waals surface area contributed by atoms with Crippen LogP contribution in [0, 0.1) is 0 Å². The highest BCUT2D eigenvalue weighted by atomic mass is 16.5. The Hall–Kier alpha value is -2.49. The first-order valence-corrected chi connectivity index (χ1v) is 7.80. The largest absolute Gasteiger partial charge is 0.497 e. The average molecular weight is 313 g/mol. The lowest BCUT2D eigenvalue weighted by molar-refractivity contribution is -0.115. The van der Waals surface area contributed by atoms with Gasteiger partial charge in [0.15, 0.2) is 0 Å². The first-order valence-electron chi connectivity index (χ1n) is 7.80. The minimum absolute atomic E-state index is 0.0502. The van der Waals surface area contributed by atoms with E-state index in [1.807, 2.05) is 55.5 Å². The Bertz CT molecular complexity index is 620. The van der Waals surface area contributed by atoms with Crippen molar-refractivity contribution >= 4 is 11.6 Å². The van der Waals surface area contributed by atoms with E-state index in [9.17, 15) is 4.79 Å². The van der Waals surface area contributed by atoms with E-state index in [2.05, 4.69) is 12.2 Å². The number of benzene rings is 2. The van der Waals surface area contributed by atoms with Crippen LogP contribution in [-0.2, 0) is 11.2 Å². The average Bonchev–Trinajstić information content (AvgIpc) is 2.57. The smallest absolute Gasteiger partial charge is 0.228 e. The second-order valence-electron chi connectivity index (χ2n) is 5.43. The fraction of sp³-hybridized carbons (Fsp3) is 0.316. The van der Waals surface area contributed by atoms with E-state index in [4.69, 9.17) is 9.47 Å². The Labute approximate surface area is 137 Å². The zero-order valence-electron chi connectivity index (χ0n) is 13.8. The number of carbonyl (C=O) groups is 1. The molecule has 0 aliphatic heterocycles. The van der Waals surface area contributed by atoms with Crippen LogP contribution in [0.4, 0.5) is 5.69 Å². The number of hydrogen-bond acceptors (Lipinski definition) is 3. The first kappa shape index (κ1) is 16.9. The van der Waals surface area contributed by atoms with Crippen LogP contribution in [0.25, 0.3) is 0 Å². The lowest BCUT2D eigenvalue weighted by Crippen LogP contribution is -2.14. The summed E-state index contributed by atoms with van der Waals surface area (Å²) in [4.78, 5) is 12.1. The van der Waals surface area contributed by atoms with Gasteiger partial charge in [0.2, 0.25) is 5.91 Å².